The Bertz CT molecular complexity index is 243. The lowest BCUT2D eigenvalue weighted by atomic mass is 10.1. The highest BCUT2D eigenvalue weighted by molar-refractivity contribution is 5.69. The smallest absolute Gasteiger partial charge is 0.317 e. The van der Waals surface area contributed by atoms with Gasteiger partial charge in [0.25, 0.3) is 0 Å². The molecule has 1 heterocycles. The van der Waals surface area contributed by atoms with Gasteiger partial charge in [-0.25, -0.2) is 0 Å². The van der Waals surface area contributed by atoms with Gasteiger partial charge < -0.3 is 10.0 Å². The fourth-order valence-corrected chi connectivity index (χ4v) is 2.52. The van der Waals surface area contributed by atoms with Crippen molar-refractivity contribution in [2.45, 2.75) is 44.3 Å². The summed E-state index contributed by atoms with van der Waals surface area (Å²) >= 11 is 0. The summed E-state index contributed by atoms with van der Waals surface area (Å²) in [5, 5.41) is 8.90. The molecule has 0 bridgehead atoms. The minimum absolute atomic E-state index is 0.218. The second-order valence-electron chi connectivity index (χ2n) is 4.98. The van der Waals surface area contributed by atoms with Gasteiger partial charge in [0.1, 0.15) is 0 Å². The van der Waals surface area contributed by atoms with Crippen LogP contribution in [0, 0.1) is 0 Å². The summed E-state index contributed by atoms with van der Waals surface area (Å²) in [6.07, 6.45) is 3.48. The van der Waals surface area contributed by atoms with Crippen LogP contribution in [0.2, 0.25) is 0 Å². The molecule has 4 heteroatoms. The molecular weight excluding hydrogens is 192 g/mol. The molecule has 1 saturated carbocycles. The predicted molar refractivity (Wildman–Crippen MR) is 57.9 cm³/mol. The number of likely N-dealkylation sites (tertiary alicyclic amines) is 1. The molecule has 4 nitrogen and oxygen atoms in total. The predicted octanol–water partition coefficient (Wildman–Crippen LogP) is 0.628. The van der Waals surface area contributed by atoms with Gasteiger partial charge in [-0.3, -0.25) is 9.69 Å². The Labute approximate surface area is 90.9 Å². The van der Waals surface area contributed by atoms with Crippen molar-refractivity contribution >= 4 is 5.97 Å². The molecule has 0 aromatic rings. The number of rotatable bonds is 4. The summed E-state index contributed by atoms with van der Waals surface area (Å²) in [7, 11) is 2.12. The van der Waals surface area contributed by atoms with Crippen LogP contribution in [0.1, 0.15) is 26.2 Å². The van der Waals surface area contributed by atoms with E-state index in [1.165, 1.54) is 12.8 Å². The summed E-state index contributed by atoms with van der Waals surface area (Å²) in [5.41, 5.74) is 0. The van der Waals surface area contributed by atoms with E-state index in [9.17, 15) is 4.79 Å². The lowest BCUT2D eigenvalue weighted by molar-refractivity contribution is -0.139. The molecule has 1 N–H and O–H groups in total. The highest BCUT2D eigenvalue weighted by atomic mass is 16.4. The Morgan fingerprint density at radius 2 is 2.13 bits per heavy atom. The fraction of sp³-hybridized carbons (Fsp3) is 0.909. The lowest BCUT2D eigenvalue weighted by Crippen LogP contribution is -2.42. The molecule has 0 radical (unpaired) electrons. The average Bonchev–Trinajstić information content (AvgIpc) is 2.91. The van der Waals surface area contributed by atoms with Crippen LogP contribution < -0.4 is 0 Å². The molecule has 1 aliphatic carbocycles. The van der Waals surface area contributed by atoms with E-state index < -0.39 is 5.97 Å². The summed E-state index contributed by atoms with van der Waals surface area (Å²) < 4.78 is 0. The number of carboxylic acid groups (broad SMARTS) is 1. The van der Waals surface area contributed by atoms with E-state index in [-0.39, 0.29) is 6.54 Å². The van der Waals surface area contributed by atoms with Crippen molar-refractivity contribution in [3.8, 4) is 0 Å². The summed E-state index contributed by atoms with van der Waals surface area (Å²) in [4.78, 5) is 15.3. The van der Waals surface area contributed by atoms with Crippen molar-refractivity contribution in [1.82, 2.24) is 9.80 Å². The molecule has 0 aromatic heterocycles. The van der Waals surface area contributed by atoms with E-state index in [1.807, 2.05) is 0 Å². The molecular formula is C11H20N2O2. The highest BCUT2D eigenvalue weighted by Crippen LogP contribution is 2.32. The van der Waals surface area contributed by atoms with Gasteiger partial charge in [0, 0.05) is 24.7 Å². The number of likely N-dealkylation sites (N-methyl/N-ethyl adjacent to an activating group) is 1. The van der Waals surface area contributed by atoms with Crippen molar-refractivity contribution in [1.29, 1.82) is 0 Å². The second-order valence-corrected chi connectivity index (χ2v) is 4.98. The lowest BCUT2D eigenvalue weighted by Gasteiger charge is -2.26. The van der Waals surface area contributed by atoms with Crippen LogP contribution in [-0.4, -0.2) is 59.1 Å². The summed E-state index contributed by atoms with van der Waals surface area (Å²) in [5.74, 6) is -0.691. The second kappa shape index (κ2) is 4.10. The number of hydrogen-bond acceptors (Lipinski definition) is 3. The van der Waals surface area contributed by atoms with Crippen LogP contribution in [0.5, 0.6) is 0 Å². The molecule has 15 heavy (non-hydrogen) atoms. The largest absolute Gasteiger partial charge is 0.480 e. The molecule has 0 amide bonds. The highest BCUT2D eigenvalue weighted by Gasteiger charge is 2.39. The SMILES string of the molecule is CC1CC(N(CC(=O)O)C2CC2)CN1C. The number of hydrogen-bond donors (Lipinski definition) is 1. The zero-order valence-electron chi connectivity index (χ0n) is 9.52. The first-order chi connectivity index (χ1) is 7.08. The third kappa shape index (κ3) is 2.49. The Morgan fingerprint density at radius 3 is 2.53 bits per heavy atom. The maximum atomic E-state index is 10.8. The molecule has 0 aromatic carbocycles. The maximum Gasteiger partial charge on any atom is 0.317 e. The number of carboxylic acids is 1. The monoisotopic (exact) mass is 212 g/mol. The summed E-state index contributed by atoms with van der Waals surface area (Å²) in [6.45, 7) is 3.45. The van der Waals surface area contributed by atoms with Crippen molar-refractivity contribution in [3.05, 3.63) is 0 Å². The van der Waals surface area contributed by atoms with Crippen LogP contribution in [0.15, 0.2) is 0 Å². The molecule has 86 valence electrons. The van der Waals surface area contributed by atoms with Gasteiger partial charge in [-0.1, -0.05) is 0 Å². The zero-order chi connectivity index (χ0) is 11.0. The van der Waals surface area contributed by atoms with Gasteiger partial charge in [0.2, 0.25) is 0 Å². The van der Waals surface area contributed by atoms with Crippen LogP contribution >= 0.6 is 0 Å². The molecule has 2 unspecified atom stereocenters. The average molecular weight is 212 g/mol. The third-order valence-electron chi connectivity index (χ3n) is 3.67. The molecule has 1 saturated heterocycles. The van der Waals surface area contributed by atoms with E-state index in [4.69, 9.17) is 5.11 Å². The molecule has 2 fully saturated rings. The first-order valence-electron chi connectivity index (χ1n) is 5.75. The van der Waals surface area contributed by atoms with Crippen LogP contribution in [0.3, 0.4) is 0 Å². The van der Waals surface area contributed by atoms with Gasteiger partial charge in [0.05, 0.1) is 6.54 Å². The Balaban J connectivity index is 1.96. The Hall–Kier alpha value is -0.610. The van der Waals surface area contributed by atoms with Gasteiger partial charge in [0.15, 0.2) is 0 Å². The third-order valence-corrected chi connectivity index (χ3v) is 3.67. The van der Waals surface area contributed by atoms with Gasteiger partial charge in [-0.15, -0.1) is 0 Å². The normalized spacial score (nSPS) is 32.5. The van der Waals surface area contributed by atoms with E-state index in [2.05, 4.69) is 23.8 Å². The zero-order valence-corrected chi connectivity index (χ0v) is 9.52. The van der Waals surface area contributed by atoms with Gasteiger partial charge in [-0.2, -0.15) is 0 Å². The van der Waals surface area contributed by atoms with Crippen molar-refractivity contribution in [3.63, 3.8) is 0 Å². The van der Waals surface area contributed by atoms with E-state index in [0.717, 1.165) is 13.0 Å². The minimum atomic E-state index is -0.691. The number of carbonyl (C=O) groups is 1. The first-order valence-corrected chi connectivity index (χ1v) is 5.75. The van der Waals surface area contributed by atoms with Crippen molar-refractivity contribution < 1.29 is 9.90 Å². The van der Waals surface area contributed by atoms with Gasteiger partial charge >= 0.3 is 5.97 Å². The number of aliphatic carboxylic acids is 1. The molecule has 1 aliphatic heterocycles. The fourth-order valence-electron chi connectivity index (χ4n) is 2.52. The first kappa shape index (κ1) is 10.9. The summed E-state index contributed by atoms with van der Waals surface area (Å²) in [6, 6.07) is 1.59. The quantitative estimate of drug-likeness (QED) is 0.742. The van der Waals surface area contributed by atoms with E-state index in [1.54, 1.807) is 0 Å². The van der Waals surface area contributed by atoms with Crippen molar-refractivity contribution in [2.24, 2.45) is 0 Å². The molecule has 0 spiro atoms. The van der Waals surface area contributed by atoms with Gasteiger partial charge in [-0.05, 0) is 33.2 Å². The number of nitrogens with zero attached hydrogens (tertiary/aromatic N) is 2. The van der Waals surface area contributed by atoms with Crippen LogP contribution in [0.4, 0.5) is 0 Å². The Kier molecular flexibility index (Phi) is 2.98. The minimum Gasteiger partial charge on any atom is -0.480 e. The Morgan fingerprint density at radius 1 is 1.47 bits per heavy atom. The molecule has 2 atom stereocenters. The topological polar surface area (TPSA) is 43.8 Å². The van der Waals surface area contributed by atoms with Crippen LogP contribution in [-0.2, 0) is 4.79 Å². The van der Waals surface area contributed by atoms with Crippen LogP contribution in [0.25, 0.3) is 0 Å². The maximum absolute atomic E-state index is 10.8. The van der Waals surface area contributed by atoms with E-state index in [0.29, 0.717) is 18.1 Å². The molecule has 2 rings (SSSR count). The molecule has 2 aliphatic rings. The standard InChI is InChI=1S/C11H20N2O2/c1-8-5-10(6-12(8)2)13(7-11(14)15)9-3-4-9/h8-10H,3-7H2,1-2H3,(H,14,15). The van der Waals surface area contributed by atoms with E-state index >= 15 is 0 Å². The van der Waals surface area contributed by atoms with Crippen molar-refractivity contribution in [2.75, 3.05) is 20.1 Å².